The number of amides is 2. The summed E-state index contributed by atoms with van der Waals surface area (Å²) in [6, 6.07) is 13.8. The van der Waals surface area contributed by atoms with Gasteiger partial charge in [0.25, 0.3) is 0 Å². The lowest BCUT2D eigenvalue weighted by Gasteiger charge is -2.26. The van der Waals surface area contributed by atoms with Crippen LogP contribution < -0.4 is 0 Å². The van der Waals surface area contributed by atoms with E-state index in [1.165, 1.54) is 6.07 Å². The van der Waals surface area contributed by atoms with Crippen molar-refractivity contribution < 1.29 is 19.4 Å². The van der Waals surface area contributed by atoms with Crippen LogP contribution in [0.15, 0.2) is 48.5 Å². The molecular weight excluding hydrogens is 389 g/mol. The van der Waals surface area contributed by atoms with Gasteiger partial charge in [0, 0.05) is 0 Å². The molecule has 1 fully saturated rings. The molecule has 2 aromatic carbocycles. The van der Waals surface area contributed by atoms with E-state index in [1.807, 2.05) is 30.3 Å². The number of hydrogen-bond acceptors (Lipinski definition) is 4. The summed E-state index contributed by atoms with van der Waals surface area (Å²) in [5, 5.41) is 11.2. The molecule has 0 aromatic heterocycles. The van der Waals surface area contributed by atoms with Gasteiger partial charge >= 0.3 is 6.09 Å². The highest BCUT2D eigenvalue weighted by molar-refractivity contribution is 6.42. The van der Waals surface area contributed by atoms with E-state index in [1.54, 1.807) is 19.1 Å². The molecule has 1 saturated heterocycles. The molecule has 5 nitrogen and oxygen atoms in total. The summed E-state index contributed by atoms with van der Waals surface area (Å²) in [6.07, 6.45) is -1.32. The maximum Gasteiger partial charge on any atom is 0.416 e. The molecule has 1 N–H and O–H groups in total. The van der Waals surface area contributed by atoms with Gasteiger partial charge in [0.15, 0.2) is 0 Å². The number of aliphatic hydroxyl groups excluding tert-OH is 1. The normalized spacial score (nSPS) is 18.9. The Hall–Kier alpha value is -2.08. The van der Waals surface area contributed by atoms with E-state index < -0.39 is 30.1 Å². The molecule has 2 aromatic rings. The third-order valence-electron chi connectivity index (χ3n) is 4.66. The van der Waals surface area contributed by atoms with E-state index in [0.717, 1.165) is 10.5 Å². The molecule has 3 atom stereocenters. The highest BCUT2D eigenvalue weighted by Gasteiger charge is 2.41. The van der Waals surface area contributed by atoms with Crippen molar-refractivity contribution in [2.45, 2.75) is 25.5 Å². The Bertz CT molecular complexity index is 843. The molecule has 27 heavy (non-hydrogen) atoms. The molecule has 7 heteroatoms. The van der Waals surface area contributed by atoms with Crippen molar-refractivity contribution in [1.29, 1.82) is 0 Å². The molecule has 0 saturated carbocycles. The standard InChI is InChI=1S/C20H19Cl2NO4/c1-12(18(24)14-7-8-16(21)17(22)10-14)19(25)23-15(11-27-20(23)26)9-13-5-3-2-4-6-13/h2-8,10,12,15,18,24H,9,11H2,1H3/t12-,15+,18-/m0/s1. The lowest BCUT2D eigenvalue weighted by molar-refractivity contribution is -0.136. The maximum atomic E-state index is 12.9. The fourth-order valence-corrected chi connectivity index (χ4v) is 3.41. The van der Waals surface area contributed by atoms with Crippen LogP contribution in [0.3, 0.4) is 0 Å². The van der Waals surface area contributed by atoms with E-state index in [-0.39, 0.29) is 11.6 Å². The lowest BCUT2D eigenvalue weighted by atomic mass is 9.95. The predicted octanol–water partition coefficient (Wildman–Crippen LogP) is 4.25. The summed E-state index contributed by atoms with van der Waals surface area (Å²) in [5.41, 5.74) is 1.45. The van der Waals surface area contributed by atoms with Crippen molar-refractivity contribution in [3.05, 3.63) is 69.7 Å². The van der Waals surface area contributed by atoms with E-state index in [2.05, 4.69) is 0 Å². The van der Waals surface area contributed by atoms with Crippen LogP contribution in [0.1, 0.15) is 24.2 Å². The van der Waals surface area contributed by atoms with Crippen molar-refractivity contribution >= 4 is 35.2 Å². The first-order chi connectivity index (χ1) is 12.9. The molecule has 1 heterocycles. The number of rotatable bonds is 5. The number of carbonyl (C=O) groups is 2. The Kier molecular flexibility index (Phi) is 6.05. The molecule has 2 amide bonds. The van der Waals surface area contributed by atoms with E-state index in [0.29, 0.717) is 17.0 Å². The number of imide groups is 1. The van der Waals surface area contributed by atoms with Crippen LogP contribution in [-0.4, -0.2) is 34.7 Å². The van der Waals surface area contributed by atoms with Gasteiger partial charge in [-0.2, -0.15) is 0 Å². The van der Waals surface area contributed by atoms with Crippen LogP contribution >= 0.6 is 23.2 Å². The molecule has 142 valence electrons. The number of nitrogens with zero attached hydrogens (tertiary/aromatic N) is 1. The van der Waals surface area contributed by atoms with Crippen LogP contribution in [0.2, 0.25) is 10.0 Å². The van der Waals surface area contributed by atoms with Crippen LogP contribution in [0.5, 0.6) is 0 Å². The van der Waals surface area contributed by atoms with Gasteiger partial charge in [0.05, 0.1) is 28.1 Å². The monoisotopic (exact) mass is 407 g/mol. The van der Waals surface area contributed by atoms with Gasteiger partial charge in [-0.15, -0.1) is 0 Å². The maximum absolute atomic E-state index is 12.9. The third-order valence-corrected chi connectivity index (χ3v) is 5.40. The first kappa shape index (κ1) is 19.7. The SMILES string of the molecule is C[C@H](C(=O)N1C(=O)OC[C@H]1Cc1ccccc1)[C@H](O)c1ccc(Cl)c(Cl)c1. The van der Waals surface area contributed by atoms with Gasteiger partial charge in [0.1, 0.15) is 6.61 Å². The Balaban J connectivity index is 1.77. The zero-order chi connectivity index (χ0) is 19.6. The molecule has 0 radical (unpaired) electrons. The van der Waals surface area contributed by atoms with E-state index in [4.69, 9.17) is 27.9 Å². The summed E-state index contributed by atoms with van der Waals surface area (Å²) in [7, 11) is 0. The fourth-order valence-electron chi connectivity index (χ4n) is 3.11. The Morgan fingerprint density at radius 2 is 1.93 bits per heavy atom. The van der Waals surface area contributed by atoms with Crippen LogP contribution in [0, 0.1) is 5.92 Å². The second-order valence-electron chi connectivity index (χ2n) is 6.54. The second-order valence-corrected chi connectivity index (χ2v) is 7.35. The van der Waals surface area contributed by atoms with Crippen molar-refractivity contribution in [2.75, 3.05) is 6.61 Å². The summed E-state index contributed by atoms with van der Waals surface area (Å²) in [5.74, 6) is -1.34. The number of halogens is 2. The molecule has 0 aliphatic carbocycles. The average molecular weight is 408 g/mol. The number of cyclic esters (lactones) is 1. The highest BCUT2D eigenvalue weighted by atomic mass is 35.5. The predicted molar refractivity (Wildman–Crippen MR) is 103 cm³/mol. The first-order valence-electron chi connectivity index (χ1n) is 8.55. The largest absolute Gasteiger partial charge is 0.447 e. The minimum absolute atomic E-state index is 0.134. The highest BCUT2D eigenvalue weighted by Crippen LogP contribution is 2.31. The summed E-state index contributed by atoms with van der Waals surface area (Å²) in [4.78, 5) is 26.2. The zero-order valence-electron chi connectivity index (χ0n) is 14.6. The van der Waals surface area contributed by atoms with Gasteiger partial charge in [-0.1, -0.05) is 66.5 Å². The number of carbonyl (C=O) groups excluding carboxylic acids is 2. The van der Waals surface area contributed by atoms with Crippen LogP contribution in [0.25, 0.3) is 0 Å². The first-order valence-corrected chi connectivity index (χ1v) is 9.31. The van der Waals surface area contributed by atoms with Crippen molar-refractivity contribution in [2.24, 2.45) is 5.92 Å². The van der Waals surface area contributed by atoms with Crippen molar-refractivity contribution in [1.82, 2.24) is 4.90 Å². The molecule has 1 aliphatic heterocycles. The minimum atomic E-state index is -1.13. The van der Waals surface area contributed by atoms with E-state index >= 15 is 0 Å². The molecule has 1 aliphatic rings. The van der Waals surface area contributed by atoms with E-state index in [9.17, 15) is 14.7 Å². The van der Waals surface area contributed by atoms with Crippen LogP contribution in [0.4, 0.5) is 4.79 Å². The minimum Gasteiger partial charge on any atom is -0.447 e. The average Bonchev–Trinajstić information content (AvgIpc) is 3.03. The molecule has 3 rings (SSSR count). The Labute approximate surface area is 167 Å². The fraction of sp³-hybridized carbons (Fsp3) is 0.300. The quantitative estimate of drug-likeness (QED) is 0.803. The molecule has 0 bridgehead atoms. The number of ether oxygens (including phenoxy) is 1. The summed E-state index contributed by atoms with van der Waals surface area (Å²) >= 11 is 11.9. The molecule has 0 spiro atoms. The third kappa shape index (κ3) is 4.26. The zero-order valence-corrected chi connectivity index (χ0v) is 16.2. The molecule has 0 unspecified atom stereocenters. The van der Waals surface area contributed by atoms with Gasteiger partial charge in [-0.3, -0.25) is 4.79 Å². The van der Waals surface area contributed by atoms with Gasteiger partial charge in [-0.25, -0.2) is 9.69 Å². The number of hydrogen-bond donors (Lipinski definition) is 1. The summed E-state index contributed by atoms with van der Waals surface area (Å²) in [6.45, 7) is 1.70. The number of aliphatic hydroxyl groups is 1. The second kappa shape index (κ2) is 8.30. The van der Waals surface area contributed by atoms with Crippen molar-refractivity contribution in [3.8, 4) is 0 Å². The van der Waals surface area contributed by atoms with Gasteiger partial charge < -0.3 is 9.84 Å². The van der Waals surface area contributed by atoms with Gasteiger partial charge in [-0.05, 0) is 29.7 Å². The number of benzene rings is 2. The van der Waals surface area contributed by atoms with Crippen LogP contribution in [-0.2, 0) is 16.0 Å². The Morgan fingerprint density at radius 1 is 1.22 bits per heavy atom. The van der Waals surface area contributed by atoms with Gasteiger partial charge in [0.2, 0.25) is 5.91 Å². The topological polar surface area (TPSA) is 66.8 Å². The smallest absolute Gasteiger partial charge is 0.416 e. The molecular formula is C20H19Cl2NO4. The Morgan fingerprint density at radius 3 is 2.59 bits per heavy atom. The van der Waals surface area contributed by atoms with Crippen molar-refractivity contribution in [3.63, 3.8) is 0 Å². The lowest BCUT2D eigenvalue weighted by Crippen LogP contribution is -2.44. The summed E-state index contributed by atoms with van der Waals surface area (Å²) < 4.78 is 5.09.